The molecule has 0 saturated heterocycles. The maximum absolute atomic E-state index is 12.9. The van der Waals surface area contributed by atoms with Gasteiger partial charge < -0.3 is 10.1 Å². The van der Waals surface area contributed by atoms with Gasteiger partial charge in [-0.2, -0.15) is 0 Å². The van der Waals surface area contributed by atoms with E-state index in [1.807, 2.05) is 0 Å². The molecule has 0 bridgehead atoms. The zero-order valence-electron chi connectivity index (χ0n) is 12.6. The molecule has 24 heavy (non-hydrogen) atoms. The summed E-state index contributed by atoms with van der Waals surface area (Å²) < 4.78 is 18.2. The molecule has 0 saturated carbocycles. The van der Waals surface area contributed by atoms with Crippen molar-refractivity contribution < 1.29 is 18.7 Å². The summed E-state index contributed by atoms with van der Waals surface area (Å²) in [5.41, 5.74) is 1.23. The number of fused-ring (bicyclic) bond motifs is 1. The Kier molecular flexibility index (Phi) is 4.66. The summed E-state index contributed by atoms with van der Waals surface area (Å²) in [6, 6.07) is 10.7. The second kappa shape index (κ2) is 6.88. The molecule has 3 rings (SSSR count). The minimum absolute atomic E-state index is 0.125. The standard InChI is InChI=1S/C17H14ClFN2O3/c18-12-3-6-15-14(7-12)21(17(23)10-24-15)9-16(22)20-8-11-1-4-13(19)5-2-11/h1-7H,8-10H2,(H,20,22). The van der Waals surface area contributed by atoms with Crippen LogP contribution < -0.4 is 15.0 Å². The second-order valence-corrected chi connectivity index (χ2v) is 5.72. The summed E-state index contributed by atoms with van der Waals surface area (Å²) in [5.74, 6) is -0.481. The first kappa shape index (κ1) is 16.3. The van der Waals surface area contributed by atoms with Gasteiger partial charge in [-0.3, -0.25) is 14.5 Å². The lowest BCUT2D eigenvalue weighted by Crippen LogP contribution is -2.45. The summed E-state index contributed by atoms with van der Waals surface area (Å²) in [5, 5.41) is 3.15. The summed E-state index contributed by atoms with van der Waals surface area (Å²) in [6.45, 7) is -0.0172. The Morgan fingerprint density at radius 1 is 1.25 bits per heavy atom. The lowest BCUT2D eigenvalue weighted by Gasteiger charge is -2.29. The third-order valence-electron chi connectivity index (χ3n) is 3.57. The lowest BCUT2D eigenvalue weighted by atomic mass is 10.2. The minimum atomic E-state index is -0.336. The highest BCUT2D eigenvalue weighted by molar-refractivity contribution is 6.31. The number of ether oxygens (including phenoxy) is 1. The average molecular weight is 349 g/mol. The van der Waals surface area contributed by atoms with Crippen molar-refractivity contribution in [2.45, 2.75) is 6.54 Å². The number of nitrogens with one attached hydrogen (secondary N) is 1. The van der Waals surface area contributed by atoms with Gasteiger partial charge in [0, 0.05) is 11.6 Å². The van der Waals surface area contributed by atoms with Crippen LogP contribution in [0.1, 0.15) is 5.56 Å². The highest BCUT2D eigenvalue weighted by Crippen LogP contribution is 2.34. The molecule has 0 unspecified atom stereocenters. The van der Waals surface area contributed by atoms with E-state index in [9.17, 15) is 14.0 Å². The normalized spacial score (nSPS) is 13.2. The fourth-order valence-electron chi connectivity index (χ4n) is 2.35. The third kappa shape index (κ3) is 3.65. The average Bonchev–Trinajstić information content (AvgIpc) is 2.57. The van der Waals surface area contributed by atoms with Crippen LogP contribution in [0, 0.1) is 5.82 Å². The highest BCUT2D eigenvalue weighted by Gasteiger charge is 2.27. The predicted molar refractivity (Wildman–Crippen MR) is 87.5 cm³/mol. The third-order valence-corrected chi connectivity index (χ3v) is 3.80. The molecular formula is C17H14ClFN2O3. The van der Waals surface area contributed by atoms with E-state index in [0.29, 0.717) is 16.5 Å². The monoisotopic (exact) mass is 348 g/mol. The second-order valence-electron chi connectivity index (χ2n) is 5.28. The van der Waals surface area contributed by atoms with E-state index < -0.39 is 0 Å². The van der Waals surface area contributed by atoms with Crippen molar-refractivity contribution in [3.05, 3.63) is 58.9 Å². The molecule has 0 radical (unpaired) electrons. The maximum atomic E-state index is 12.9. The van der Waals surface area contributed by atoms with Crippen molar-refractivity contribution in [3.8, 4) is 5.75 Å². The van der Waals surface area contributed by atoms with Crippen LogP contribution >= 0.6 is 11.6 Å². The van der Waals surface area contributed by atoms with Gasteiger partial charge in [0.1, 0.15) is 18.1 Å². The predicted octanol–water partition coefficient (Wildman–Crippen LogP) is 2.52. The molecule has 0 aromatic heterocycles. The van der Waals surface area contributed by atoms with Gasteiger partial charge in [0.25, 0.3) is 5.91 Å². The number of amides is 2. The molecular weight excluding hydrogens is 335 g/mol. The van der Waals surface area contributed by atoms with E-state index in [-0.39, 0.29) is 37.3 Å². The molecule has 7 heteroatoms. The first-order valence-corrected chi connectivity index (χ1v) is 7.64. The number of hydrogen-bond donors (Lipinski definition) is 1. The maximum Gasteiger partial charge on any atom is 0.265 e. The van der Waals surface area contributed by atoms with Crippen LogP contribution in [0.25, 0.3) is 0 Å². The van der Waals surface area contributed by atoms with Gasteiger partial charge in [0.2, 0.25) is 5.91 Å². The van der Waals surface area contributed by atoms with E-state index in [4.69, 9.17) is 16.3 Å². The number of carbonyl (C=O) groups excluding carboxylic acids is 2. The molecule has 1 aliphatic heterocycles. The zero-order chi connectivity index (χ0) is 17.1. The van der Waals surface area contributed by atoms with E-state index >= 15 is 0 Å². The Morgan fingerprint density at radius 2 is 2.00 bits per heavy atom. The number of halogens is 2. The number of carbonyl (C=O) groups is 2. The molecule has 2 aromatic rings. The van der Waals surface area contributed by atoms with Gasteiger partial charge >= 0.3 is 0 Å². The van der Waals surface area contributed by atoms with Gasteiger partial charge in [0.05, 0.1) is 5.69 Å². The molecule has 124 valence electrons. The lowest BCUT2D eigenvalue weighted by molar-refractivity contribution is -0.125. The van der Waals surface area contributed by atoms with Crippen LogP contribution in [0.3, 0.4) is 0 Å². The molecule has 1 heterocycles. The first-order valence-electron chi connectivity index (χ1n) is 7.27. The molecule has 0 spiro atoms. The molecule has 0 aliphatic carbocycles. The fourth-order valence-corrected chi connectivity index (χ4v) is 2.52. The Hall–Kier alpha value is -2.60. The van der Waals surface area contributed by atoms with Crippen LogP contribution in [0.15, 0.2) is 42.5 Å². The van der Waals surface area contributed by atoms with E-state index in [2.05, 4.69) is 5.32 Å². The summed E-state index contributed by atoms with van der Waals surface area (Å²) in [7, 11) is 0. The smallest absolute Gasteiger partial charge is 0.265 e. The van der Waals surface area contributed by atoms with Gasteiger partial charge in [-0.05, 0) is 35.9 Å². The number of nitrogens with zero attached hydrogens (tertiary/aromatic N) is 1. The van der Waals surface area contributed by atoms with Crippen LogP contribution in [0.2, 0.25) is 5.02 Å². The van der Waals surface area contributed by atoms with Crippen molar-refractivity contribution >= 4 is 29.1 Å². The largest absolute Gasteiger partial charge is 0.482 e. The van der Waals surface area contributed by atoms with E-state index in [1.165, 1.54) is 17.0 Å². The SMILES string of the molecule is O=C(CN1C(=O)COc2ccc(Cl)cc21)NCc1ccc(F)cc1. The Bertz CT molecular complexity index is 780. The molecule has 2 aromatic carbocycles. The van der Waals surface area contributed by atoms with Gasteiger partial charge in [-0.25, -0.2) is 4.39 Å². The molecule has 5 nitrogen and oxygen atoms in total. The van der Waals surface area contributed by atoms with Gasteiger partial charge in [0.15, 0.2) is 6.61 Å². The van der Waals surface area contributed by atoms with Crippen molar-refractivity contribution in [2.24, 2.45) is 0 Å². The van der Waals surface area contributed by atoms with Crippen LogP contribution in [0.4, 0.5) is 10.1 Å². The molecule has 1 aliphatic rings. The number of rotatable bonds is 4. The Balaban J connectivity index is 1.66. The quantitative estimate of drug-likeness (QED) is 0.923. The summed E-state index contributed by atoms with van der Waals surface area (Å²) in [6.07, 6.45) is 0. The molecule has 1 N–H and O–H groups in total. The molecule has 2 amide bonds. The van der Waals surface area contributed by atoms with Crippen molar-refractivity contribution in [1.82, 2.24) is 5.32 Å². The zero-order valence-corrected chi connectivity index (χ0v) is 13.3. The minimum Gasteiger partial charge on any atom is -0.482 e. The van der Waals surface area contributed by atoms with Crippen LogP contribution in [-0.4, -0.2) is 25.0 Å². The summed E-state index contributed by atoms with van der Waals surface area (Å²) >= 11 is 5.96. The summed E-state index contributed by atoms with van der Waals surface area (Å²) in [4.78, 5) is 25.5. The topological polar surface area (TPSA) is 58.6 Å². The first-order chi connectivity index (χ1) is 11.5. The number of hydrogen-bond acceptors (Lipinski definition) is 3. The van der Waals surface area contributed by atoms with E-state index in [0.717, 1.165) is 5.56 Å². The van der Waals surface area contributed by atoms with E-state index in [1.54, 1.807) is 30.3 Å². The molecule has 0 atom stereocenters. The van der Waals surface area contributed by atoms with Gasteiger partial charge in [-0.15, -0.1) is 0 Å². The Morgan fingerprint density at radius 3 is 2.75 bits per heavy atom. The van der Waals surface area contributed by atoms with Crippen LogP contribution in [0.5, 0.6) is 5.75 Å². The van der Waals surface area contributed by atoms with Crippen molar-refractivity contribution in [1.29, 1.82) is 0 Å². The fraction of sp³-hybridized carbons (Fsp3) is 0.176. The Labute approximate surface area is 143 Å². The number of benzene rings is 2. The van der Waals surface area contributed by atoms with Crippen molar-refractivity contribution in [3.63, 3.8) is 0 Å². The highest BCUT2D eigenvalue weighted by atomic mass is 35.5. The van der Waals surface area contributed by atoms with Crippen LogP contribution in [-0.2, 0) is 16.1 Å². The van der Waals surface area contributed by atoms with Crippen molar-refractivity contribution in [2.75, 3.05) is 18.1 Å². The molecule has 0 fully saturated rings. The number of anilines is 1. The van der Waals surface area contributed by atoms with Gasteiger partial charge in [-0.1, -0.05) is 23.7 Å².